The molecule has 0 N–H and O–H groups in total. The fourth-order valence-corrected chi connectivity index (χ4v) is 3.45. The summed E-state index contributed by atoms with van der Waals surface area (Å²) < 4.78 is 7.26. The van der Waals surface area contributed by atoms with Crippen LogP contribution in [0.1, 0.15) is 30.2 Å². The lowest BCUT2D eigenvalue weighted by Crippen LogP contribution is -2.46. The van der Waals surface area contributed by atoms with Crippen molar-refractivity contribution in [2.75, 3.05) is 31.1 Å². The second-order valence-electron chi connectivity index (χ2n) is 7.06. The molecule has 7 heteroatoms. The molecule has 134 valence electrons. The zero-order valence-corrected chi connectivity index (χ0v) is 14.7. The zero-order chi connectivity index (χ0) is 17.3. The third-order valence-corrected chi connectivity index (χ3v) is 5.10. The van der Waals surface area contributed by atoms with E-state index in [4.69, 9.17) is 9.51 Å². The van der Waals surface area contributed by atoms with Crippen LogP contribution in [0.4, 0.5) is 5.82 Å². The standard InChI is InChI=1S/C19H22N6O/c1-3-18(21-19(4-1)25-8-2-7-20-25)24-11-9-23(10-12-24)14-16-13-17(26-22-16)15-5-6-15/h1-4,7-8,13,15H,5-6,9-12,14H2. The number of hydrogen-bond donors (Lipinski definition) is 0. The Labute approximate surface area is 152 Å². The zero-order valence-electron chi connectivity index (χ0n) is 14.7. The summed E-state index contributed by atoms with van der Waals surface area (Å²) in [4.78, 5) is 9.53. The molecular formula is C19H22N6O. The second-order valence-corrected chi connectivity index (χ2v) is 7.06. The number of rotatable bonds is 5. The highest BCUT2D eigenvalue weighted by atomic mass is 16.5. The van der Waals surface area contributed by atoms with Crippen molar-refractivity contribution < 1.29 is 4.52 Å². The van der Waals surface area contributed by atoms with Crippen LogP contribution in [-0.2, 0) is 6.54 Å². The molecule has 5 rings (SSSR count). The van der Waals surface area contributed by atoms with E-state index in [9.17, 15) is 0 Å². The van der Waals surface area contributed by atoms with Crippen LogP contribution in [0.15, 0.2) is 47.2 Å². The molecule has 0 aromatic carbocycles. The molecule has 0 amide bonds. The van der Waals surface area contributed by atoms with E-state index < -0.39 is 0 Å². The number of anilines is 1. The van der Waals surface area contributed by atoms with Gasteiger partial charge in [0.25, 0.3) is 0 Å². The summed E-state index contributed by atoms with van der Waals surface area (Å²) in [5, 5.41) is 8.50. The third kappa shape index (κ3) is 3.22. The van der Waals surface area contributed by atoms with Gasteiger partial charge in [-0.25, -0.2) is 9.67 Å². The van der Waals surface area contributed by atoms with Gasteiger partial charge in [-0.1, -0.05) is 11.2 Å². The first kappa shape index (κ1) is 15.6. The summed E-state index contributed by atoms with van der Waals surface area (Å²) in [6, 6.07) is 10.1. The Bertz CT molecular complexity index is 862. The maximum absolute atomic E-state index is 5.46. The Hall–Kier alpha value is -2.67. The van der Waals surface area contributed by atoms with E-state index >= 15 is 0 Å². The van der Waals surface area contributed by atoms with Crippen LogP contribution < -0.4 is 4.90 Å². The smallest absolute Gasteiger partial charge is 0.155 e. The molecule has 3 aromatic heterocycles. The van der Waals surface area contributed by atoms with Crippen molar-refractivity contribution >= 4 is 5.82 Å². The van der Waals surface area contributed by atoms with Crippen LogP contribution in [0, 0.1) is 0 Å². The van der Waals surface area contributed by atoms with Crippen LogP contribution in [0.5, 0.6) is 0 Å². The molecule has 26 heavy (non-hydrogen) atoms. The van der Waals surface area contributed by atoms with Gasteiger partial charge in [0.1, 0.15) is 11.6 Å². The molecule has 1 aliphatic heterocycles. The average Bonchev–Trinajstić information content (AvgIpc) is 3.19. The molecule has 1 aliphatic carbocycles. The Morgan fingerprint density at radius 1 is 1.04 bits per heavy atom. The lowest BCUT2D eigenvalue weighted by atomic mass is 10.2. The molecule has 1 saturated carbocycles. The number of piperazine rings is 1. The topological polar surface area (TPSA) is 63.2 Å². The molecule has 4 heterocycles. The van der Waals surface area contributed by atoms with Crippen molar-refractivity contribution in [3.05, 3.63) is 54.2 Å². The number of hydrogen-bond acceptors (Lipinski definition) is 6. The van der Waals surface area contributed by atoms with Crippen LogP contribution in [0.3, 0.4) is 0 Å². The highest BCUT2D eigenvalue weighted by Crippen LogP contribution is 2.40. The lowest BCUT2D eigenvalue weighted by Gasteiger charge is -2.35. The van der Waals surface area contributed by atoms with Crippen molar-refractivity contribution in [3.63, 3.8) is 0 Å². The number of pyridine rings is 1. The summed E-state index contributed by atoms with van der Waals surface area (Å²) in [6.07, 6.45) is 6.18. The second kappa shape index (κ2) is 6.57. The monoisotopic (exact) mass is 350 g/mol. The fourth-order valence-electron chi connectivity index (χ4n) is 3.45. The SMILES string of the molecule is c1cc(N2CCN(Cc3cc(C4CC4)on3)CC2)nc(-n2cccn2)c1. The fraction of sp³-hybridized carbons (Fsp3) is 0.421. The molecule has 2 fully saturated rings. The van der Waals surface area contributed by atoms with Crippen LogP contribution in [-0.4, -0.2) is 51.0 Å². The highest BCUT2D eigenvalue weighted by molar-refractivity contribution is 5.43. The van der Waals surface area contributed by atoms with E-state index in [0.717, 1.165) is 55.8 Å². The van der Waals surface area contributed by atoms with Gasteiger partial charge in [-0.05, 0) is 31.0 Å². The van der Waals surface area contributed by atoms with Gasteiger partial charge < -0.3 is 9.42 Å². The highest BCUT2D eigenvalue weighted by Gasteiger charge is 2.28. The van der Waals surface area contributed by atoms with Gasteiger partial charge in [-0.3, -0.25) is 4.90 Å². The first-order valence-electron chi connectivity index (χ1n) is 9.25. The first-order valence-corrected chi connectivity index (χ1v) is 9.25. The maximum atomic E-state index is 5.46. The molecule has 0 spiro atoms. The van der Waals surface area contributed by atoms with E-state index in [0.29, 0.717) is 5.92 Å². The van der Waals surface area contributed by atoms with Crippen molar-refractivity contribution in [2.45, 2.75) is 25.3 Å². The van der Waals surface area contributed by atoms with Gasteiger partial charge in [0.05, 0.1) is 5.69 Å². The minimum atomic E-state index is 0.626. The Morgan fingerprint density at radius 3 is 2.65 bits per heavy atom. The Morgan fingerprint density at radius 2 is 1.88 bits per heavy atom. The summed E-state index contributed by atoms with van der Waals surface area (Å²) >= 11 is 0. The van der Waals surface area contributed by atoms with Crippen LogP contribution >= 0.6 is 0 Å². The summed E-state index contributed by atoms with van der Waals surface area (Å²) in [6.45, 7) is 4.79. The van der Waals surface area contributed by atoms with Gasteiger partial charge in [-0.2, -0.15) is 5.10 Å². The van der Waals surface area contributed by atoms with Gasteiger partial charge in [0, 0.05) is 57.1 Å². The maximum Gasteiger partial charge on any atom is 0.155 e. The quantitative estimate of drug-likeness (QED) is 0.704. The average molecular weight is 350 g/mol. The normalized spacial score (nSPS) is 18.4. The van der Waals surface area contributed by atoms with E-state index in [1.807, 2.05) is 24.4 Å². The van der Waals surface area contributed by atoms with Gasteiger partial charge in [0.2, 0.25) is 0 Å². The minimum Gasteiger partial charge on any atom is -0.361 e. The third-order valence-electron chi connectivity index (χ3n) is 5.10. The van der Waals surface area contributed by atoms with E-state index in [1.54, 1.807) is 10.9 Å². The van der Waals surface area contributed by atoms with E-state index in [1.165, 1.54) is 12.8 Å². The molecule has 0 radical (unpaired) electrons. The van der Waals surface area contributed by atoms with Crippen LogP contribution in [0.2, 0.25) is 0 Å². The number of aromatic nitrogens is 4. The van der Waals surface area contributed by atoms with Crippen molar-refractivity contribution in [3.8, 4) is 5.82 Å². The largest absolute Gasteiger partial charge is 0.361 e. The first-order chi connectivity index (χ1) is 12.8. The summed E-state index contributed by atoms with van der Waals surface area (Å²) in [5.41, 5.74) is 1.05. The van der Waals surface area contributed by atoms with Crippen molar-refractivity contribution in [1.82, 2.24) is 24.8 Å². The van der Waals surface area contributed by atoms with Crippen LogP contribution in [0.25, 0.3) is 5.82 Å². The van der Waals surface area contributed by atoms with Crippen molar-refractivity contribution in [1.29, 1.82) is 0 Å². The number of nitrogens with zero attached hydrogens (tertiary/aromatic N) is 6. The molecule has 2 aliphatic rings. The predicted octanol–water partition coefficient (Wildman–Crippen LogP) is 2.45. The predicted molar refractivity (Wildman–Crippen MR) is 97.3 cm³/mol. The molecule has 0 unspecified atom stereocenters. The molecule has 1 saturated heterocycles. The molecule has 0 bridgehead atoms. The molecule has 3 aromatic rings. The van der Waals surface area contributed by atoms with Crippen molar-refractivity contribution in [2.24, 2.45) is 0 Å². The van der Waals surface area contributed by atoms with Gasteiger partial charge >= 0.3 is 0 Å². The Kier molecular flexibility index (Phi) is 3.93. The molecule has 7 nitrogen and oxygen atoms in total. The molecule has 0 atom stereocenters. The minimum absolute atomic E-state index is 0.626. The lowest BCUT2D eigenvalue weighted by molar-refractivity contribution is 0.241. The van der Waals surface area contributed by atoms with E-state index in [2.05, 4.69) is 32.2 Å². The summed E-state index contributed by atoms with van der Waals surface area (Å²) in [5.74, 6) is 3.56. The molecular weight excluding hydrogens is 328 g/mol. The summed E-state index contributed by atoms with van der Waals surface area (Å²) in [7, 11) is 0. The Balaban J connectivity index is 1.20. The van der Waals surface area contributed by atoms with E-state index in [-0.39, 0.29) is 0 Å². The van der Waals surface area contributed by atoms with Gasteiger partial charge in [-0.15, -0.1) is 0 Å². The van der Waals surface area contributed by atoms with Gasteiger partial charge in [0.15, 0.2) is 5.82 Å².